The van der Waals surface area contributed by atoms with Gasteiger partial charge in [-0.1, -0.05) is 11.6 Å². The molecule has 4 nitrogen and oxygen atoms in total. The Kier molecular flexibility index (Phi) is 4.86. The van der Waals surface area contributed by atoms with Crippen molar-refractivity contribution < 1.29 is 4.79 Å². The summed E-state index contributed by atoms with van der Waals surface area (Å²) in [6.07, 6.45) is 1.85. The van der Waals surface area contributed by atoms with Gasteiger partial charge in [0.1, 0.15) is 6.07 Å². The molecule has 1 aliphatic rings. The molecule has 20 heavy (non-hydrogen) atoms. The average Bonchev–Trinajstić information content (AvgIpc) is 2.47. The fourth-order valence-corrected chi connectivity index (χ4v) is 2.77. The first-order chi connectivity index (χ1) is 9.65. The summed E-state index contributed by atoms with van der Waals surface area (Å²) in [4.78, 5) is 14.1. The zero-order valence-electron chi connectivity index (χ0n) is 11.5. The number of benzene rings is 1. The molecule has 0 bridgehead atoms. The van der Waals surface area contributed by atoms with Crippen molar-refractivity contribution >= 4 is 23.2 Å². The second-order valence-corrected chi connectivity index (χ2v) is 5.39. The maximum Gasteiger partial charge on any atom is 0.224 e. The van der Waals surface area contributed by atoms with Crippen molar-refractivity contribution in [1.29, 1.82) is 5.26 Å². The van der Waals surface area contributed by atoms with Crippen molar-refractivity contribution in [3.63, 3.8) is 0 Å². The third kappa shape index (κ3) is 3.23. The van der Waals surface area contributed by atoms with Crippen LogP contribution in [0.5, 0.6) is 0 Å². The Morgan fingerprint density at radius 1 is 1.60 bits per heavy atom. The summed E-state index contributed by atoms with van der Waals surface area (Å²) < 4.78 is 0. The predicted molar refractivity (Wildman–Crippen MR) is 79.8 cm³/mol. The quantitative estimate of drug-likeness (QED) is 0.931. The van der Waals surface area contributed by atoms with Crippen LogP contribution in [0.2, 0.25) is 5.02 Å². The summed E-state index contributed by atoms with van der Waals surface area (Å²) in [6.45, 7) is 4.10. The minimum absolute atomic E-state index is 0.00841. The first kappa shape index (κ1) is 14.7. The van der Waals surface area contributed by atoms with Crippen LogP contribution in [0.3, 0.4) is 0 Å². The molecule has 0 spiro atoms. The lowest BCUT2D eigenvalue weighted by Crippen LogP contribution is -2.43. The van der Waals surface area contributed by atoms with Crippen LogP contribution in [0.25, 0.3) is 0 Å². The number of rotatable bonds is 3. The number of amides is 1. The minimum Gasteiger partial charge on any atom is -0.370 e. The van der Waals surface area contributed by atoms with Crippen LogP contribution in [-0.2, 0) is 4.79 Å². The summed E-state index contributed by atoms with van der Waals surface area (Å²) in [5.41, 5.74) is 1.43. The van der Waals surface area contributed by atoms with Crippen LogP contribution in [0, 0.1) is 17.2 Å². The highest BCUT2D eigenvalue weighted by molar-refractivity contribution is 6.30. The molecular weight excluding hydrogens is 274 g/mol. The number of carbonyl (C=O) groups excluding carboxylic acids is 1. The molecule has 1 aliphatic heterocycles. The molecule has 1 aromatic carbocycles. The molecule has 1 amide bonds. The van der Waals surface area contributed by atoms with E-state index in [4.69, 9.17) is 11.6 Å². The fourth-order valence-electron chi connectivity index (χ4n) is 2.60. The van der Waals surface area contributed by atoms with Gasteiger partial charge in [-0.05, 0) is 38.0 Å². The first-order valence-corrected chi connectivity index (χ1v) is 7.25. The molecule has 106 valence electrons. The van der Waals surface area contributed by atoms with Gasteiger partial charge in [-0.25, -0.2) is 0 Å². The maximum absolute atomic E-state index is 12.0. The number of nitrogens with zero attached hydrogens (tertiary/aromatic N) is 2. The third-order valence-electron chi connectivity index (χ3n) is 3.56. The molecule has 2 rings (SSSR count). The van der Waals surface area contributed by atoms with Crippen LogP contribution in [-0.4, -0.2) is 25.5 Å². The standard InChI is InChI=1S/C15H18ClN3O/c1-2-18-15(20)11-4-3-7-19(10-11)14-6-5-13(16)8-12(14)9-17/h5-6,8,11H,2-4,7,10H2,1H3,(H,18,20). The van der Waals surface area contributed by atoms with Gasteiger partial charge in [-0.3, -0.25) is 4.79 Å². The van der Waals surface area contributed by atoms with Gasteiger partial charge in [0, 0.05) is 24.7 Å². The van der Waals surface area contributed by atoms with Crippen molar-refractivity contribution in [3.05, 3.63) is 28.8 Å². The Morgan fingerprint density at radius 2 is 2.40 bits per heavy atom. The van der Waals surface area contributed by atoms with Crippen molar-refractivity contribution in [1.82, 2.24) is 5.32 Å². The maximum atomic E-state index is 12.0. The summed E-state index contributed by atoms with van der Waals surface area (Å²) in [7, 11) is 0. The van der Waals surface area contributed by atoms with Crippen molar-refractivity contribution in [2.24, 2.45) is 5.92 Å². The number of piperidine rings is 1. The molecule has 1 saturated heterocycles. The van der Waals surface area contributed by atoms with Crippen molar-refractivity contribution in [2.45, 2.75) is 19.8 Å². The van der Waals surface area contributed by atoms with Crippen molar-refractivity contribution in [3.8, 4) is 6.07 Å². The van der Waals surface area contributed by atoms with Gasteiger partial charge in [0.05, 0.1) is 17.2 Å². The molecular formula is C15H18ClN3O. The zero-order chi connectivity index (χ0) is 14.5. The van der Waals surface area contributed by atoms with E-state index < -0.39 is 0 Å². The van der Waals surface area contributed by atoms with E-state index in [0.717, 1.165) is 25.1 Å². The average molecular weight is 292 g/mol. The largest absolute Gasteiger partial charge is 0.370 e. The lowest BCUT2D eigenvalue weighted by molar-refractivity contribution is -0.125. The van der Waals surface area contributed by atoms with E-state index in [1.54, 1.807) is 12.1 Å². The Hall–Kier alpha value is -1.73. The van der Waals surface area contributed by atoms with Gasteiger partial charge in [-0.2, -0.15) is 5.26 Å². The second-order valence-electron chi connectivity index (χ2n) is 4.95. The Bertz CT molecular complexity index is 538. The van der Waals surface area contributed by atoms with Gasteiger partial charge in [0.25, 0.3) is 0 Å². The van der Waals surface area contributed by atoms with E-state index in [-0.39, 0.29) is 11.8 Å². The smallest absolute Gasteiger partial charge is 0.224 e. The predicted octanol–water partition coefficient (Wildman–Crippen LogP) is 2.56. The molecule has 5 heteroatoms. The van der Waals surface area contributed by atoms with Crippen LogP contribution in [0.4, 0.5) is 5.69 Å². The van der Waals surface area contributed by atoms with E-state index in [1.165, 1.54) is 0 Å². The van der Waals surface area contributed by atoms with Crippen LogP contribution in [0.15, 0.2) is 18.2 Å². The summed E-state index contributed by atoms with van der Waals surface area (Å²) in [5.74, 6) is 0.0931. The van der Waals surface area contributed by atoms with E-state index in [2.05, 4.69) is 16.3 Å². The first-order valence-electron chi connectivity index (χ1n) is 6.88. The van der Waals surface area contributed by atoms with E-state index in [9.17, 15) is 10.1 Å². The highest BCUT2D eigenvalue weighted by atomic mass is 35.5. The van der Waals surface area contributed by atoms with Gasteiger partial charge in [-0.15, -0.1) is 0 Å². The van der Waals surface area contributed by atoms with Crippen LogP contribution < -0.4 is 10.2 Å². The minimum atomic E-state index is -0.00841. The number of nitrogens with one attached hydrogen (secondary N) is 1. The van der Waals surface area contributed by atoms with Gasteiger partial charge in [0.2, 0.25) is 5.91 Å². The number of nitriles is 1. The SMILES string of the molecule is CCNC(=O)C1CCCN(c2ccc(Cl)cc2C#N)C1. The lowest BCUT2D eigenvalue weighted by atomic mass is 9.96. The molecule has 1 N–H and O–H groups in total. The molecule has 1 unspecified atom stereocenters. The van der Waals surface area contributed by atoms with Crippen LogP contribution in [0.1, 0.15) is 25.3 Å². The highest BCUT2D eigenvalue weighted by Gasteiger charge is 2.26. The molecule has 0 radical (unpaired) electrons. The Balaban J connectivity index is 2.17. The number of halogens is 1. The van der Waals surface area contributed by atoms with Crippen LogP contribution >= 0.6 is 11.6 Å². The highest BCUT2D eigenvalue weighted by Crippen LogP contribution is 2.28. The second kappa shape index (κ2) is 6.62. The lowest BCUT2D eigenvalue weighted by Gasteiger charge is -2.34. The summed E-state index contributed by atoms with van der Waals surface area (Å²) in [5, 5.41) is 12.6. The number of anilines is 1. The van der Waals surface area contributed by atoms with E-state index >= 15 is 0 Å². The number of hydrogen-bond donors (Lipinski definition) is 1. The molecule has 0 saturated carbocycles. The third-order valence-corrected chi connectivity index (χ3v) is 3.80. The zero-order valence-corrected chi connectivity index (χ0v) is 12.3. The molecule has 0 aromatic heterocycles. The number of carbonyl (C=O) groups is 1. The van der Waals surface area contributed by atoms with Gasteiger partial charge < -0.3 is 10.2 Å². The van der Waals surface area contributed by atoms with E-state index in [1.807, 2.05) is 13.0 Å². The summed E-state index contributed by atoms with van der Waals surface area (Å²) >= 11 is 5.92. The van der Waals surface area contributed by atoms with Gasteiger partial charge >= 0.3 is 0 Å². The molecule has 1 atom stereocenters. The normalized spacial score (nSPS) is 18.4. The summed E-state index contributed by atoms with van der Waals surface area (Å²) in [6, 6.07) is 7.50. The molecule has 0 aliphatic carbocycles. The molecule has 1 aromatic rings. The fraction of sp³-hybridized carbons (Fsp3) is 0.467. The van der Waals surface area contributed by atoms with Gasteiger partial charge in [0.15, 0.2) is 0 Å². The Morgan fingerprint density at radius 3 is 3.10 bits per heavy atom. The molecule has 1 heterocycles. The van der Waals surface area contributed by atoms with E-state index in [0.29, 0.717) is 23.7 Å². The topological polar surface area (TPSA) is 56.1 Å². The van der Waals surface area contributed by atoms with Crippen molar-refractivity contribution in [2.75, 3.05) is 24.5 Å². The number of hydrogen-bond acceptors (Lipinski definition) is 3. The molecule has 1 fully saturated rings. The monoisotopic (exact) mass is 291 g/mol. The Labute approximate surface area is 124 Å².